The quantitative estimate of drug-likeness (QED) is 0.259. The zero-order chi connectivity index (χ0) is 26.7. The maximum Gasteiger partial charge on any atom is 0.271 e. The van der Waals surface area contributed by atoms with Crippen molar-refractivity contribution in [1.82, 2.24) is 15.5 Å². The highest BCUT2D eigenvalue weighted by atomic mass is 16.5. The molecule has 196 valence electrons. The van der Waals surface area contributed by atoms with Crippen molar-refractivity contribution >= 4 is 5.91 Å². The van der Waals surface area contributed by atoms with Gasteiger partial charge in [-0.1, -0.05) is 12.1 Å². The first-order valence-corrected chi connectivity index (χ1v) is 12.5. The maximum absolute atomic E-state index is 12.4. The molecule has 0 aliphatic rings. The van der Waals surface area contributed by atoms with E-state index in [1.165, 1.54) is 5.56 Å². The molecule has 0 spiro atoms. The Morgan fingerprint density at radius 3 is 2.29 bits per heavy atom. The average molecular weight is 513 g/mol. The average Bonchev–Trinajstić information content (AvgIpc) is 2.95. The van der Waals surface area contributed by atoms with Crippen LogP contribution in [-0.4, -0.2) is 42.9 Å². The number of carbonyl (C=O) groups excluding carboxylic acids is 1. The number of aromatic nitrogens is 2. The molecular weight excluding hydrogens is 480 g/mol. The number of nitrogens with one attached hydrogen (secondary N) is 1. The molecule has 0 aliphatic heterocycles. The van der Waals surface area contributed by atoms with Crippen LogP contribution in [0.5, 0.6) is 23.0 Å². The first-order chi connectivity index (χ1) is 18.6. The number of nitrogens with zero attached hydrogens (tertiary/aromatic N) is 2. The van der Waals surface area contributed by atoms with E-state index >= 15 is 0 Å². The molecule has 38 heavy (non-hydrogen) atoms. The van der Waals surface area contributed by atoms with Crippen molar-refractivity contribution in [3.8, 4) is 34.3 Å². The number of carbonyl (C=O) groups is 1. The monoisotopic (exact) mass is 512 g/mol. The Morgan fingerprint density at radius 2 is 1.63 bits per heavy atom. The molecule has 3 N–H and O–H groups in total. The van der Waals surface area contributed by atoms with Crippen LogP contribution in [0.2, 0.25) is 0 Å². The van der Waals surface area contributed by atoms with Crippen LogP contribution in [0.25, 0.3) is 11.3 Å². The Balaban J connectivity index is 1.18. The zero-order valence-corrected chi connectivity index (χ0v) is 21.6. The van der Waals surface area contributed by atoms with Crippen molar-refractivity contribution in [1.29, 1.82) is 0 Å². The largest absolute Gasteiger partial charge is 0.497 e. The van der Waals surface area contributed by atoms with Crippen molar-refractivity contribution in [3.05, 3.63) is 95.7 Å². The van der Waals surface area contributed by atoms with Gasteiger partial charge in [0.15, 0.2) is 5.69 Å². The van der Waals surface area contributed by atoms with E-state index in [9.17, 15) is 4.79 Å². The van der Waals surface area contributed by atoms with Gasteiger partial charge >= 0.3 is 0 Å². The highest BCUT2D eigenvalue weighted by Gasteiger charge is 2.09. The fraction of sp³-hybridized carbons (Fsp3) is 0.233. The van der Waals surface area contributed by atoms with Crippen molar-refractivity contribution in [2.75, 3.05) is 26.8 Å². The van der Waals surface area contributed by atoms with Crippen LogP contribution in [-0.2, 0) is 6.42 Å². The van der Waals surface area contributed by atoms with Gasteiger partial charge in [0.05, 0.1) is 19.4 Å². The van der Waals surface area contributed by atoms with E-state index in [0.29, 0.717) is 31.8 Å². The molecule has 0 bridgehead atoms. The highest BCUT2D eigenvalue weighted by Crippen LogP contribution is 2.27. The molecule has 8 heteroatoms. The molecule has 1 amide bonds. The minimum atomic E-state index is -0.272. The standard InChI is InChI=1S/C30H32N4O4/c1-21-20-22(16-17-31)4-15-29(21)38-26-11-9-25(10-12-26)37-19-3-18-32-30(35)28-14-13-27(33-34-28)23-5-7-24(36-2)8-6-23/h4-15,20H,3,16-19,31H2,1-2H3,(H,32,35). The summed E-state index contributed by atoms with van der Waals surface area (Å²) in [5, 5.41) is 11.1. The summed E-state index contributed by atoms with van der Waals surface area (Å²) in [7, 11) is 1.62. The summed E-state index contributed by atoms with van der Waals surface area (Å²) in [4.78, 5) is 12.4. The molecule has 0 unspecified atom stereocenters. The van der Waals surface area contributed by atoms with Crippen molar-refractivity contribution < 1.29 is 19.0 Å². The minimum absolute atomic E-state index is 0.267. The number of benzene rings is 3. The van der Waals surface area contributed by atoms with E-state index in [1.807, 2.05) is 67.6 Å². The fourth-order valence-corrected chi connectivity index (χ4v) is 3.80. The summed E-state index contributed by atoms with van der Waals surface area (Å²) >= 11 is 0. The van der Waals surface area contributed by atoms with Gasteiger partial charge in [0, 0.05) is 12.1 Å². The lowest BCUT2D eigenvalue weighted by Gasteiger charge is -2.11. The smallest absolute Gasteiger partial charge is 0.271 e. The number of aryl methyl sites for hydroxylation is 1. The lowest BCUT2D eigenvalue weighted by molar-refractivity contribution is 0.0945. The van der Waals surface area contributed by atoms with Crippen molar-refractivity contribution in [3.63, 3.8) is 0 Å². The van der Waals surface area contributed by atoms with Gasteiger partial charge in [-0.25, -0.2) is 0 Å². The first kappa shape index (κ1) is 26.6. The van der Waals surface area contributed by atoms with E-state index in [2.05, 4.69) is 21.6 Å². The van der Waals surface area contributed by atoms with Gasteiger partial charge in [0.25, 0.3) is 5.91 Å². The third-order valence-electron chi connectivity index (χ3n) is 5.88. The predicted molar refractivity (Wildman–Crippen MR) is 147 cm³/mol. The Kier molecular flexibility index (Phi) is 9.26. The zero-order valence-electron chi connectivity index (χ0n) is 21.6. The molecule has 0 radical (unpaired) electrons. The van der Waals surface area contributed by atoms with Crippen LogP contribution in [0, 0.1) is 6.92 Å². The van der Waals surface area contributed by atoms with E-state index in [-0.39, 0.29) is 11.6 Å². The molecule has 4 aromatic rings. The summed E-state index contributed by atoms with van der Waals surface area (Å²) in [5.41, 5.74) is 9.75. The first-order valence-electron chi connectivity index (χ1n) is 12.5. The molecule has 0 saturated heterocycles. The van der Waals surface area contributed by atoms with Gasteiger partial charge in [-0.15, -0.1) is 10.2 Å². The molecule has 0 fully saturated rings. The summed E-state index contributed by atoms with van der Waals surface area (Å²) in [6.07, 6.45) is 1.50. The van der Waals surface area contributed by atoms with E-state index in [4.69, 9.17) is 19.9 Å². The molecule has 8 nitrogen and oxygen atoms in total. The maximum atomic E-state index is 12.4. The van der Waals surface area contributed by atoms with E-state index in [0.717, 1.165) is 40.5 Å². The summed E-state index contributed by atoms with van der Waals surface area (Å²) in [6.45, 7) is 3.57. The van der Waals surface area contributed by atoms with E-state index < -0.39 is 0 Å². The lowest BCUT2D eigenvalue weighted by atomic mass is 10.1. The second-order valence-electron chi connectivity index (χ2n) is 8.70. The third kappa shape index (κ3) is 7.30. The Hall–Kier alpha value is -4.43. The third-order valence-corrected chi connectivity index (χ3v) is 5.88. The Bertz CT molecular complexity index is 1320. The van der Waals surface area contributed by atoms with Gasteiger partial charge in [0.1, 0.15) is 23.0 Å². The normalized spacial score (nSPS) is 10.6. The number of amides is 1. The molecule has 1 aromatic heterocycles. The Labute approximate surface area is 222 Å². The number of rotatable bonds is 12. The number of hydrogen-bond acceptors (Lipinski definition) is 7. The number of methoxy groups -OCH3 is 1. The second kappa shape index (κ2) is 13.2. The van der Waals surface area contributed by atoms with E-state index in [1.54, 1.807) is 19.2 Å². The summed E-state index contributed by atoms with van der Waals surface area (Å²) in [6, 6.07) is 24.5. The van der Waals surface area contributed by atoms with Gasteiger partial charge in [-0.2, -0.15) is 0 Å². The van der Waals surface area contributed by atoms with Crippen molar-refractivity contribution in [2.45, 2.75) is 19.8 Å². The molecule has 0 atom stereocenters. The summed E-state index contributed by atoms with van der Waals surface area (Å²) in [5.74, 6) is 2.78. The topological polar surface area (TPSA) is 109 Å². The van der Waals surface area contributed by atoms with Gasteiger partial charge in [0.2, 0.25) is 0 Å². The number of ether oxygens (including phenoxy) is 3. The van der Waals surface area contributed by atoms with Crippen LogP contribution in [0.1, 0.15) is 28.0 Å². The fourth-order valence-electron chi connectivity index (χ4n) is 3.80. The SMILES string of the molecule is COc1ccc(-c2ccc(C(=O)NCCCOc3ccc(Oc4ccc(CCN)cc4C)cc3)nn2)cc1. The van der Waals surface area contributed by atoms with Gasteiger partial charge in [-0.3, -0.25) is 4.79 Å². The molecule has 0 saturated carbocycles. The van der Waals surface area contributed by atoms with Crippen LogP contribution >= 0.6 is 0 Å². The molecular formula is C30H32N4O4. The van der Waals surface area contributed by atoms with Crippen LogP contribution < -0.4 is 25.3 Å². The Morgan fingerprint density at radius 1 is 0.895 bits per heavy atom. The van der Waals surface area contributed by atoms with Crippen LogP contribution in [0.4, 0.5) is 0 Å². The van der Waals surface area contributed by atoms with Gasteiger partial charge in [-0.05, 0) is 104 Å². The molecule has 3 aromatic carbocycles. The van der Waals surface area contributed by atoms with Crippen molar-refractivity contribution in [2.24, 2.45) is 5.73 Å². The molecule has 4 rings (SSSR count). The van der Waals surface area contributed by atoms with Crippen LogP contribution in [0.15, 0.2) is 78.9 Å². The lowest BCUT2D eigenvalue weighted by Crippen LogP contribution is -2.26. The second-order valence-corrected chi connectivity index (χ2v) is 8.70. The predicted octanol–water partition coefficient (Wildman–Crippen LogP) is 4.95. The van der Waals surface area contributed by atoms with Crippen LogP contribution in [0.3, 0.4) is 0 Å². The molecule has 1 heterocycles. The minimum Gasteiger partial charge on any atom is -0.497 e. The highest BCUT2D eigenvalue weighted by molar-refractivity contribution is 5.92. The number of hydrogen-bond donors (Lipinski definition) is 2. The summed E-state index contributed by atoms with van der Waals surface area (Å²) < 4.78 is 17.0. The van der Waals surface area contributed by atoms with Gasteiger partial charge < -0.3 is 25.3 Å². The number of nitrogens with two attached hydrogens (primary N) is 1. The molecule has 0 aliphatic carbocycles.